The summed E-state index contributed by atoms with van der Waals surface area (Å²) >= 11 is 0. The Kier molecular flexibility index (Phi) is 63.7. The van der Waals surface area contributed by atoms with Crippen LogP contribution in [-0.2, 0) is 18.6 Å². The SMILES string of the molecule is C1CCCC1.C1CCCC1.[C-]#N.[C-]#N.[CH3-].[CH3-].[V+4]. The van der Waals surface area contributed by atoms with Crippen LogP contribution in [0.15, 0.2) is 0 Å². The summed E-state index contributed by atoms with van der Waals surface area (Å²) in [5.41, 5.74) is 0. The Morgan fingerprint density at radius 2 is 0.471 bits per heavy atom. The van der Waals surface area contributed by atoms with Crippen LogP contribution in [0.3, 0.4) is 0 Å². The van der Waals surface area contributed by atoms with Crippen LogP contribution in [0, 0.1) is 38.5 Å². The molecular weight excluding hydrogens is 247 g/mol. The smallest absolute Gasteiger partial charge is 0.512 e. The van der Waals surface area contributed by atoms with Crippen molar-refractivity contribution in [3.63, 3.8) is 0 Å². The Bertz CT molecular complexity index is 93.5. The molecule has 0 N–H and O–H groups in total. The van der Waals surface area contributed by atoms with Crippen molar-refractivity contribution in [2.24, 2.45) is 0 Å². The summed E-state index contributed by atoms with van der Waals surface area (Å²) in [5.74, 6) is 0. The van der Waals surface area contributed by atoms with Gasteiger partial charge in [-0.1, -0.05) is 64.2 Å². The number of hydrogen-bond donors (Lipinski definition) is 0. The molecule has 17 heavy (non-hydrogen) atoms. The van der Waals surface area contributed by atoms with Gasteiger partial charge in [0.2, 0.25) is 0 Å². The maximum absolute atomic E-state index is 6.25. The topological polar surface area (TPSA) is 47.6 Å². The molecule has 0 bridgehead atoms. The molecule has 0 unspecified atom stereocenters. The van der Waals surface area contributed by atoms with Crippen molar-refractivity contribution in [3.8, 4) is 0 Å². The summed E-state index contributed by atoms with van der Waals surface area (Å²) < 4.78 is 0. The predicted molar refractivity (Wildman–Crippen MR) is 68.9 cm³/mol. The third kappa shape index (κ3) is 31.3. The summed E-state index contributed by atoms with van der Waals surface area (Å²) in [6.07, 6.45) is 15.0. The van der Waals surface area contributed by atoms with Gasteiger partial charge in [0.1, 0.15) is 0 Å². The molecule has 0 spiro atoms. The molecule has 1 radical (unpaired) electrons. The average Bonchev–Trinajstić information content (AvgIpc) is 3.01. The van der Waals surface area contributed by atoms with E-state index in [1.54, 1.807) is 0 Å². The number of nitrogens with zero attached hydrogens (tertiary/aromatic N) is 2. The van der Waals surface area contributed by atoms with Gasteiger partial charge in [0.25, 0.3) is 0 Å². The molecule has 2 saturated carbocycles. The Labute approximate surface area is 121 Å². The van der Waals surface area contributed by atoms with E-state index in [0.717, 1.165) is 0 Å². The van der Waals surface area contributed by atoms with Crippen LogP contribution in [-0.4, -0.2) is 0 Å². The molecule has 0 saturated heterocycles. The van der Waals surface area contributed by atoms with E-state index in [2.05, 4.69) is 0 Å². The monoisotopic (exact) mass is 273 g/mol. The molecule has 2 nitrogen and oxygen atoms in total. The molecule has 2 rings (SSSR count). The summed E-state index contributed by atoms with van der Waals surface area (Å²) in [4.78, 5) is 0. The fraction of sp³-hybridized carbons (Fsp3) is 0.714. The van der Waals surface area contributed by atoms with E-state index in [4.69, 9.17) is 23.7 Å². The number of hydrogen-bond acceptors (Lipinski definition) is 2. The summed E-state index contributed by atoms with van der Waals surface area (Å²) in [5, 5.41) is 12.5. The van der Waals surface area contributed by atoms with Crippen molar-refractivity contribution < 1.29 is 18.6 Å². The molecule has 0 aromatic heterocycles. The van der Waals surface area contributed by atoms with Crippen LogP contribution in [0.1, 0.15) is 64.2 Å². The van der Waals surface area contributed by atoms with Gasteiger partial charge >= 0.3 is 18.6 Å². The van der Waals surface area contributed by atoms with Gasteiger partial charge in [-0.05, 0) is 0 Å². The Hall–Kier alpha value is -0.436. The largest absolute Gasteiger partial charge is 4.00 e. The molecule has 2 aliphatic carbocycles. The van der Waals surface area contributed by atoms with Crippen molar-refractivity contribution in [3.05, 3.63) is 28.0 Å². The zero-order valence-corrected chi connectivity index (χ0v) is 12.8. The molecule has 0 amide bonds. The minimum Gasteiger partial charge on any atom is -0.512 e. The second-order valence-electron chi connectivity index (χ2n) is 3.54. The molecule has 0 aromatic rings. The van der Waals surface area contributed by atoms with E-state index in [9.17, 15) is 0 Å². The predicted octanol–water partition coefficient (Wildman–Crippen LogP) is 4.99. The quantitative estimate of drug-likeness (QED) is 0.583. The van der Waals surface area contributed by atoms with Crippen LogP contribution in [0.25, 0.3) is 0 Å². The van der Waals surface area contributed by atoms with Crippen molar-refractivity contribution >= 4 is 0 Å². The van der Waals surface area contributed by atoms with E-state index in [-0.39, 0.29) is 33.4 Å². The molecule has 2 aliphatic rings. The summed E-state index contributed by atoms with van der Waals surface area (Å²) in [6.45, 7) is 9.50. The van der Waals surface area contributed by atoms with Gasteiger partial charge in [0.05, 0.1) is 0 Å². The first-order valence-electron chi connectivity index (χ1n) is 5.45. The minimum atomic E-state index is 0. The van der Waals surface area contributed by atoms with E-state index in [1.165, 1.54) is 64.2 Å². The van der Waals surface area contributed by atoms with Crippen molar-refractivity contribution in [1.82, 2.24) is 0 Å². The maximum Gasteiger partial charge on any atom is 4.00 e. The second-order valence-corrected chi connectivity index (χ2v) is 3.54. The zero-order chi connectivity index (χ0) is 11.1. The van der Waals surface area contributed by atoms with Crippen molar-refractivity contribution in [2.75, 3.05) is 0 Å². The molecule has 3 heteroatoms. The van der Waals surface area contributed by atoms with Gasteiger partial charge in [0.15, 0.2) is 0 Å². The molecule has 0 aromatic carbocycles. The van der Waals surface area contributed by atoms with E-state index >= 15 is 0 Å². The Balaban J connectivity index is -0.0000000387. The van der Waals surface area contributed by atoms with Crippen LogP contribution in [0.4, 0.5) is 0 Å². The Morgan fingerprint density at radius 3 is 0.529 bits per heavy atom. The first-order chi connectivity index (χ1) is 7.00. The standard InChI is InChI=1S/2C5H10.2CN.2CH3.V/c2*1-2-4-5-3-1;2*1-2;;;/h2*1-5H2;;;2*1H3;/q;;4*-1;+4. The normalized spacial score (nSPS) is 14.4. The Morgan fingerprint density at radius 1 is 0.412 bits per heavy atom. The second kappa shape index (κ2) is 36.1. The van der Waals surface area contributed by atoms with Gasteiger partial charge in [-0.15, -0.1) is 0 Å². The summed E-state index contributed by atoms with van der Waals surface area (Å²) in [7, 11) is 0. The van der Waals surface area contributed by atoms with E-state index in [1.807, 2.05) is 0 Å². The summed E-state index contributed by atoms with van der Waals surface area (Å²) in [6, 6.07) is 0. The van der Waals surface area contributed by atoms with Crippen LogP contribution >= 0.6 is 0 Å². The van der Waals surface area contributed by atoms with Crippen LogP contribution < -0.4 is 0 Å². The molecule has 97 valence electrons. The first-order valence-corrected chi connectivity index (χ1v) is 5.45. The van der Waals surface area contributed by atoms with Crippen molar-refractivity contribution in [2.45, 2.75) is 64.2 Å². The van der Waals surface area contributed by atoms with E-state index < -0.39 is 0 Å². The third-order valence-electron chi connectivity index (χ3n) is 2.50. The van der Waals surface area contributed by atoms with Gasteiger partial charge in [0, 0.05) is 0 Å². The first kappa shape index (κ1) is 30.0. The van der Waals surface area contributed by atoms with Crippen LogP contribution in [0.5, 0.6) is 0 Å². The molecule has 0 atom stereocenters. The van der Waals surface area contributed by atoms with Gasteiger partial charge in [-0.25, -0.2) is 0 Å². The zero-order valence-electron chi connectivity index (χ0n) is 11.4. The van der Waals surface area contributed by atoms with Crippen LogP contribution in [0.2, 0.25) is 0 Å². The fourth-order valence-corrected chi connectivity index (χ4v) is 1.77. The molecule has 2 fully saturated rings. The average molecular weight is 273 g/mol. The van der Waals surface area contributed by atoms with Gasteiger partial charge in [-0.3, -0.25) is 0 Å². The fourth-order valence-electron chi connectivity index (χ4n) is 1.77. The van der Waals surface area contributed by atoms with Gasteiger partial charge < -0.3 is 38.5 Å². The van der Waals surface area contributed by atoms with E-state index in [0.29, 0.717) is 0 Å². The molecule has 0 aliphatic heterocycles. The third-order valence-corrected chi connectivity index (χ3v) is 2.50. The molecular formula is C14H26N2V. The van der Waals surface area contributed by atoms with Crippen molar-refractivity contribution in [1.29, 1.82) is 10.5 Å². The number of rotatable bonds is 0. The molecule has 0 heterocycles. The maximum atomic E-state index is 6.25. The van der Waals surface area contributed by atoms with Gasteiger partial charge in [-0.2, -0.15) is 0 Å². The minimum absolute atomic E-state index is 0.